The summed E-state index contributed by atoms with van der Waals surface area (Å²) in [5.74, 6) is -4.32. The number of imidazole rings is 1. The smallest absolute Gasteiger partial charge is 0.317 e. The highest BCUT2D eigenvalue weighted by molar-refractivity contribution is 5.29. The number of rotatable bonds is 2. The van der Waals surface area contributed by atoms with E-state index in [9.17, 15) is 13.2 Å². The Morgan fingerprint density at radius 1 is 1.20 bits per heavy atom. The molecule has 2 aromatic rings. The summed E-state index contributed by atoms with van der Waals surface area (Å²) in [4.78, 5) is 5.76. The first-order chi connectivity index (χ1) is 7.12. The lowest BCUT2D eigenvalue weighted by Gasteiger charge is -2.15. The van der Waals surface area contributed by atoms with Crippen molar-refractivity contribution in [2.45, 2.75) is 5.92 Å². The van der Waals surface area contributed by atoms with E-state index in [-0.39, 0.29) is 0 Å². The van der Waals surface area contributed by atoms with Gasteiger partial charge in [0.2, 0.25) is 0 Å². The number of hydrogen-bond acceptors (Lipinski definition) is 1. The molecule has 0 saturated carbocycles. The second-order valence-corrected chi connectivity index (χ2v) is 3.02. The van der Waals surface area contributed by atoms with Crippen molar-refractivity contribution in [3.8, 4) is 0 Å². The molecule has 0 amide bonds. The zero-order valence-electron chi connectivity index (χ0n) is 7.55. The van der Waals surface area contributed by atoms with Gasteiger partial charge in [0.15, 0.2) is 0 Å². The maximum Gasteiger partial charge on any atom is 0.317 e. The summed E-state index contributed by atoms with van der Waals surface area (Å²) in [7, 11) is 0. The van der Waals surface area contributed by atoms with Gasteiger partial charge in [0, 0.05) is 0 Å². The lowest BCUT2D eigenvalue weighted by molar-refractivity contribution is 0.0346. The maximum absolute atomic E-state index is 13.7. The van der Waals surface area contributed by atoms with Crippen molar-refractivity contribution in [3.05, 3.63) is 53.9 Å². The highest BCUT2D eigenvalue weighted by Crippen LogP contribution is 2.35. The Hall–Kier alpha value is -1.78. The van der Waals surface area contributed by atoms with Gasteiger partial charge in [-0.15, -0.1) is 0 Å². The Kier molecular flexibility index (Phi) is 2.22. The van der Waals surface area contributed by atoms with Crippen molar-refractivity contribution in [1.29, 1.82) is 0 Å². The molecule has 2 nitrogen and oxygen atoms in total. The molecule has 0 fully saturated rings. The van der Waals surface area contributed by atoms with Crippen LogP contribution in [-0.2, 0) is 5.92 Å². The van der Waals surface area contributed by atoms with Crippen LogP contribution in [0, 0.1) is 5.82 Å². The van der Waals surface area contributed by atoms with E-state index in [1.807, 2.05) is 0 Å². The molecule has 2 rings (SSSR count). The van der Waals surface area contributed by atoms with Crippen LogP contribution in [0.1, 0.15) is 11.3 Å². The number of nitrogens with one attached hydrogen (secondary N) is 1. The highest BCUT2D eigenvalue weighted by Gasteiger charge is 2.37. The molecule has 0 atom stereocenters. The minimum absolute atomic E-state index is 0.424. The van der Waals surface area contributed by atoms with Crippen LogP contribution in [0.25, 0.3) is 0 Å². The summed E-state index contributed by atoms with van der Waals surface area (Å²) in [5.41, 5.74) is -1.08. The molecule has 1 N–H and O–H groups in total. The minimum Gasteiger partial charge on any atom is -0.343 e. The molecule has 0 radical (unpaired) electrons. The van der Waals surface area contributed by atoms with Gasteiger partial charge in [0.25, 0.3) is 0 Å². The zero-order valence-corrected chi connectivity index (χ0v) is 7.55. The number of nitrogens with zero attached hydrogens (tertiary/aromatic N) is 1. The molecule has 78 valence electrons. The summed E-state index contributed by atoms with van der Waals surface area (Å²) < 4.78 is 40.5. The van der Waals surface area contributed by atoms with Crippen LogP contribution >= 0.6 is 0 Å². The standard InChI is InChI=1S/C10H7F3N2/c11-8-4-2-1-3-7(8)10(12,13)9-5-14-6-15-9/h1-6H,(H,14,15). The molecular formula is C10H7F3N2. The number of aromatic amines is 1. The largest absolute Gasteiger partial charge is 0.343 e. The van der Waals surface area contributed by atoms with Gasteiger partial charge in [0.1, 0.15) is 11.5 Å². The van der Waals surface area contributed by atoms with Crippen LogP contribution < -0.4 is 0 Å². The van der Waals surface area contributed by atoms with Crippen molar-refractivity contribution in [1.82, 2.24) is 9.97 Å². The molecule has 0 spiro atoms. The van der Waals surface area contributed by atoms with Crippen molar-refractivity contribution >= 4 is 0 Å². The molecule has 0 unspecified atom stereocenters. The second-order valence-electron chi connectivity index (χ2n) is 3.02. The van der Waals surface area contributed by atoms with Crippen LogP contribution in [0.5, 0.6) is 0 Å². The third kappa shape index (κ3) is 1.60. The monoisotopic (exact) mass is 212 g/mol. The molecule has 15 heavy (non-hydrogen) atoms. The van der Waals surface area contributed by atoms with Crippen LogP contribution in [0.3, 0.4) is 0 Å². The Labute approximate surface area is 83.8 Å². The molecule has 1 heterocycles. The van der Waals surface area contributed by atoms with Crippen LogP contribution in [0.15, 0.2) is 36.8 Å². The molecular weight excluding hydrogens is 205 g/mol. The summed E-state index contributed by atoms with van der Waals surface area (Å²) in [6, 6.07) is 4.78. The Balaban J connectivity index is 2.51. The first kappa shape index (κ1) is 9.76. The normalized spacial score (nSPS) is 11.7. The Morgan fingerprint density at radius 2 is 1.93 bits per heavy atom. The third-order valence-electron chi connectivity index (χ3n) is 2.05. The van der Waals surface area contributed by atoms with E-state index in [4.69, 9.17) is 0 Å². The molecule has 0 saturated heterocycles. The van der Waals surface area contributed by atoms with E-state index in [0.717, 1.165) is 24.7 Å². The van der Waals surface area contributed by atoms with E-state index < -0.39 is 23.0 Å². The van der Waals surface area contributed by atoms with Crippen LogP contribution in [0.2, 0.25) is 0 Å². The molecule has 1 aromatic heterocycles. The topological polar surface area (TPSA) is 28.7 Å². The van der Waals surface area contributed by atoms with Gasteiger partial charge in [-0.05, 0) is 12.1 Å². The third-order valence-corrected chi connectivity index (χ3v) is 2.05. The molecule has 0 aliphatic rings. The number of alkyl halides is 2. The van der Waals surface area contributed by atoms with Gasteiger partial charge in [-0.25, -0.2) is 9.37 Å². The van der Waals surface area contributed by atoms with E-state index in [1.54, 1.807) is 0 Å². The zero-order chi connectivity index (χ0) is 10.9. The summed E-state index contributed by atoms with van der Waals surface area (Å²) in [6.45, 7) is 0. The molecule has 0 aliphatic carbocycles. The Bertz CT molecular complexity index is 451. The molecule has 0 bridgehead atoms. The van der Waals surface area contributed by atoms with Crippen LogP contribution in [0.4, 0.5) is 13.2 Å². The van der Waals surface area contributed by atoms with E-state index in [1.165, 1.54) is 12.1 Å². The van der Waals surface area contributed by atoms with Gasteiger partial charge < -0.3 is 4.98 Å². The lowest BCUT2D eigenvalue weighted by atomic mass is 10.1. The van der Waals surface area contributed by atoms with E-state index >= 15 is 0 Å². The fourth-order valence-corrected chi connectivity index (χ4v) is 1.29. The molecule has 5 heteroatoms. The number of hydrogen-bond donors (Lipinski definition) is 1. The second kappa shape index (κ2) is 3.42. The summed E-state index contributed by atoms with van der Waals surface area (Å²) >= 11 is 0. The predicted octanol–water partition coefficient (Wildman–Crippen LogP) is 2.69. The SMILES string of the molecule is Fc1ccccc1C(F)(F)c1cnc[nH]1. The van der Waals surface area contributed by atoms with Gasteiger partial charge in [-0.2, -0.15) is 8.78 Å². The quantitative estimate of drug-likeness (QED) is 0.814. The first-order valence-electron chi connectivity index (χ1n) is 4.24. The van der Waals surface area contributed by atoms with Gasteiger partial charge in [-0.3, -0.25) is 0 Å². The van der Waals surface area contributed by atoms with E-state index in [2.05, 4.69) is 9.97 Å². The summed E-state index contributed by atoms with van der Waals surface area (Å²) in [5, 5.41) is 0. The van der Waals surface area contributed by atoms with Crippen molar-refractivity contribution in [3.63, 3.8) is 0 Å². The van der Waals surface area contributed by atoms with E-state index in [0.29, 0.717) is 0 Å². The maximum atomic E-state index is 13.7. The fraction of sp³-hybridized carbons (Fsp3) is 0.100. The lowest BCUT2D eigenvalue weighted by Crippen LogP contribution is -2.17. The van der Waals surface area contributed by atoms with Crippen molar-refractivity contribution < 1.29 is 13.2 Å². The van der Waals surface area contributed by atoms with Crippen LogP contribution in [-0.4, -0.2) is 9.97 Å². The van der Waals surface area contributed by atoms with Gasteiger partial charge in [0.05, 0.1) is 18.1 Å². The van der Waals surface area contributed by atoms with Crippen molar-refractivity contribution in [2.75, 3.05) is 0 Å². The van der Waals surface area contributed by atoms with Crippen molar-refractivity contribution in [2.24, 2.45) is 0 Å². The number of benzene rings is 1. The number of H-pyrrole nitrogens is 1. The minimum atomic E-state index is -3.39. The highest BCUT2D eigenvalue weighted by atomic mass is 19.3. The number of aromatic nitrogens is 2. The first-order valence-corrected chi connectivity index (χ1v) is 4.24. The van der Waals surface area contributed by atoms with Gasteiger partial charge in [-0.1, -0.05) is 12.1 Å². The molecule has 0 aliphatic heterocycles. The fourth-order valence-electron chi connectivity index (χ4n) is 1.29. The Morgan fingerprint density at radius 3 is 2.53 bits per heavy atom. The predicted molar refractivity (Wildman–Crippen MR) is 48.0 cm³/mol. The summed E-state index contributed by atoms with van der Waals surface area (Å²) in [6.07, 6.45) is 2.11. The number of halogens is 3. The molecule has 1 aromatic carbocycles. The average molecular weight is 212 g/mol. The average Bonchev–Trinajstić information content (AvgIpc) is 2.71. The van der Waals surface area contributed by atoms with Gasteiger partial charge >= 0.3 is 5.92 Å².